The standard InChI is InChI=1S/C22H29N3S/c1-17-10-9-12-20(18(17)2)23-22(26)24(3)16-19-11-5-6-13-21(19)25-14-7-4-8-15-25/h5-6,9-13H,4,7-8,14-16H2,1-3H3,(H,23,26). The molecule has 3 rings (SSSR count). The summed E-state index contributed by atoms with van der Waals surface area (Å²) in [5, 5.41) is 4.17. The second-order valence-electron chi connectivity index (χ2n) is 7.21. The van der Waals surface area contributed by atoms with Gasteiger partial charge in [-0.15, -0.1) is 0 Å². The van der Waals surface area contributed by atoms with Crippen molar-refractivity contribution in [3.8, 4) is 0 Å². The second-order valence-corrected chi connectivity index (χ2v) is 7.60. The lowest BCUT2D eigenvalue weighted by Gasteiger charge is -2.32. The highest BCUT2D eigenvalue weighted by Gasteiger charge is 2.16. The molecule has 0 spiro atoms. The minimum absolute atomic E-state index is 0.757. The van der Waals surface area contributed by atoms with Gasteiger partial charge in [0.25, 0.3) is 0 Å². The Hall–Kier alpha value is -2.07. The van der Waals surface area contributed by atoms with Gasteiger partial charge in [-0.2, -0.15) is 0 Å². The van der Waals surface area contributed by atoms with Crippen LogP contribution in [0, 0.1) is 13.8 Å². The fourth-order valence-corrected chi connectivity index (χ4v) is 3.69. The Morgan fingerprint density at radius 3 is 2.54 bits per heavy atom. The van der Waals surface area contributed by atoms with Crippen molar-refractivity contribution in [3.05, 3.63) is 59.2 Å². The van der Waals surface area contributed by atoms with E-state index >= 15 is 0 Å². The highest BCUT2D eigenvalue weighted by atomic mass is 32.1. The molecule has 1 N–H and O–H groups in total. The summed E-state index contributed by atoms with van der Waals surface area (Å²) in [4.78, 5) is 4.65. The van der Waals surface area contributed by atoms with Crippen molar-refractivity contribution >= 4 is 28.7 Å². The van der Waals surface area contributed by atoms with Crippen LogP contribution in [0.15, 0.2) is 42.5 Å². The topological polar surface area (TPSA) is 18.5 Å². The number of nitrogens with zero attached hydrogens (tertiary/aromatic N) is 2. The van der Waals surface area contributed by atoms with Gasteiger partial charge in [0.05, 0.1) is 0 Å². The third-order valence-electron chi connectivity index (χ3n) is 5.29. The van der Waals surface area contributed by atoms with E-state index in [2.05, 4.69) is 78.5 Å². The van der Waals surface area contributed by atoms with Crippen molar-refractivity contribution in [1.82, 2.24) is 4.90 Å². The third kappa shape index (κ3) is 4.36. The van der Waals surface area contributed by atoms with E-state index in [1.165, 1.54) is 41.6 Å². The van der Waals surface area contributed by atoms with Crippen LogP contribution in [0.1, 0.15) is 36.0 Å². The number of nitrogens with one attached hydrogen (secondary N) is 1. The van der Waals surface area contributed by atoms with Gasteiger partial charge in [-0.25, -0.2) is 0 Å². The summed E-state index contributed by atoms with van der Waals surface area (Å²) in [6, 6.07) is 15.0. The van der Waals surface area contributed by atoms with E-state index in [4.69, 9.17) is 12.2 Å². The Balaban J connectivity index is 1.70. The van der Waals surface area contributed by atoms with Crippen LogP contribution in [0.4, 0.5) is 11.4 Å². The van der Waals surface area contributed by atoms with Crippen molar-refractivity contribution in [1.29, 1.82) is 0 Å². The van der Waals surface area contributed by atoms with E-state index in [0.29, 0.717) is 0 Å². The molecular formula is C22H29N3S. The van der Waals surface area contributed by atoms with E-state index in [1.807, 2.05) is 0 Å². The second kappa shape index (κ2) is 8.54. The van der Waals surface area contributed by atoms with Gasteiger partial charge in [0, 0.05) is 38.1 Å². The van der Waals surface area contributed by atoms with Crippen molar-refractivity contribution < 1.29 is 0 Å². The van der Waals surface area contributed by atoms with Crippen molar-refractivity contribution in [3.63, 3.8) is 0 Å². The number of para-hydroxylation sites is 1. The van der Waals surface area contributed by atoms with E-state index in [0.717, 1.165) is 30.4 Å². The highest BCUT2D eigenvalue weighted by Crippen LogP contribution is 2.25. The van der Waals surface area contributed by atoms with E-state index in [-0.39, 0.29) is 0 Å². The molecule has 0 saturated carbocycles. The molecule has 0 aliphatic carbocycles. The Morgan fingerprint density at radius 1 is 1.04 bits per heavy atom. The SMILES string of the molecule is Cc1cccc(NC(=S)N(C)Cc2ccccc2N2CCCCC2)c1C. The van der Waals surface area contributed by atoms with Crippen molar-refractivity contribution in [2.45, 2.75) is 39.7 Å². The number of hydrogen-bond donors (Lipinski definition) is 1. The predicted octanol–water partition coefficient (Wildman–Crippen LogP) is 5.12. The minimum Gasteiger partial charge on any atom is -0.371 e. The van der Waals surface area contributed by atoms with Gasteiger partial charge in [0.15, 0.2) is 5.11 Å². The zero-order valence-corrected chi connectivity index (χ0v) is 16.9. The number of thiocarbonyl (C=S) groups is 1. The molecular weight excluding hydrogens is 338 g/mol. The van der Waals surface area contributed by atoms with E-state index < -0.39 is 0 Å². The van der Waals surface area contributed by atoms with Crippen molar-refractivity contribution in [2.75, 3.05) is 30.4 Å². The molecule has 1 aliphatic heterocycles. The monoisotopic (exact) mass is 367 g/mol. The van der Waals surface area contributed by atoms with Crippen LogP contribution in [0.25, 0.3) is 0 Å². The first-order valence-electron chi connectivity index (χ1n) is 9.47. The Kier molecular flexibility index (Phi) is 6.15. The summed E-state index contributed by atoms with van der Waals surface area (Å²) in [7, 11) is 2.06. The zero-order chi connectivity index (χ0) is 18.5. The molecule has 1 aliphatic rings. The molecule has 0 unspecified atom stereocenters. The lowest BCUT2D eigenvalue weighted by atomic mass is 10.1. The lowest BCUT2D eigenvalue weighted by molar-refractivity contribution is 0.505. The Bertz CT molecular complexity index is 766. The maximum Gasteiger partial charge on any atom is 0.173 e. The van der Waals surface area contributed by atoms with Gasteiger partial charge in [0.1, 0.15) is 0 Å². The lowest BCUT2D eigenvalue weighted by Crippen LogP contribution is -2.33. The summed E-state index contributed by atoms with van der Waals surface area (Å²) < 4.78 is 0. The average molecular weight is 368 g/mol. The number of benzene rings is 2. The molecule has 0 aromatic heterocycles. The number of hydrogen-bond acceptors (Lipinski definition) is 2. The maximum absolute atomic E-state index is 5.66. The first-order valence-corrected chi connectivity index (χ1v) is 9.88. The summed E-state index contributed by atoms with van der Waals surface area (Å²) in [5.74, 6) is 0. The summed E-state index contributed by atoms with van der Waals surface area (Å²) >= 11 is 5.66. The molecule has 26 heavy (non-hydrogen) atoms. The third-order valence-corrected chi connectivity index (χ3v) is 5.70. The van der Waals surface area contributed by atoms with Crippen LogP contribution >= 0.6 is 12.2 Å². The normalized spacial score (nSPS) is 14.2. The first kappa shape index (κ1) is 18.7. The molecule has 3 nitrogen and oxygen atoms in total. The molecule has 1 heterocycles. The molecule has 1 fully saturated rings. The molecule has 4 heteroatoms. The fourth-order valence-electron chi connectivity index (χ4n) is 3.51. The van der Waals surface area contributed by atoms with Crippen LogP contribution in [0.2, 0.25) is 0 Å². The Labute approximate surface area is 163 Å². The molecule has 0 bridgehead atoms. The summed E-state index contributed by atoms with van der Waals surface area (Å²) in [6.07, 6.45) is 3.93. The molecule has 1 saturated heterocycles. The van der Waals surface area contributed by atoms with Gasteiger partial charge >= 0.3 is 0 Å². The molecule has 2 aromatic carbocycles. The van der Waals surface area contributed by atoms with Crippen LogP contribution in [0.3, 0.4) is 0 Å². The fraction of sp³-hybridized carbons (Fsp3) is 0.409. The molecule has 0 radical (unpaired) electrons. The number of rotatable bonds is 4. The van der Waals surface area contributed by atoms with Gasteiger partial charge in [-0.3, -0.25) is 0 Å². The van der Waals surface area contributed by atoms with Crippen LogP contribution in [-0.4, -0.2) is 30.1 Å². The quantitative estimate of drug-likeness (QED) is 0.756. The zero-order valence-electron chi connectivity index (χ0n) is 16.1. The molecule has 0 amide bonds. The molecule has 2 aromatic rings. The van der Waals surface area contributed by atoms with Crippen LogP contribution in [-0.2, 0) is 6.54 Å². The van der Waals surface area contributed by atoms with Gasteiger partial charge < -0.3 is 15.1 Å². The molecule has 138 valence electrons. The Morgan fingerprint density at radius 2 is 1.77 bits per heavy atom. The van der Waals surface area contributed by atoms with Gasteiger partial charge in [0.2, 0.25) is 0 Å². The first-order chi connectivity index (χ1) is 12.6. The van der Waals surface area contributed by atoms with Gasteiger partial charge in [-0.05, 0) is 74.2 Å². The summed E-state index contributed by atoms with van der Waals surface area (Å²) in [5.41, 5.74) is 6.30. The van der Waals surface area contributed by atoms with Crippen LogP contribution < -0.4 is 10.2 Å². The largest absolute Gasteiger partial charge is 0.371 e. The number of piperidine rings is 1. The minimum atomic E-state index is 0.757. The molecule has 0 atom stereocenters. The van der Waals surface area contributed by atoms with Gasteiger partial charge in [-0.1, -0.05) is 30.3 Å². The highest BCUT2D eigenvalue weighted by molar-refractivity contribution is 7.80. The van der Waals surface area contributed by atoms with E-state index in [9.17, 15) is 0 Å². The smallest absolute Gasteiger partial charge is 0.173 e. The predicted molar refractivity (Wildman–Crippen MR) is 116 cm³/mol. The number of aryl methyl sites for hydroxylation is 1. The average Bonchev–Trinajstić information content (AvgIpc) is 2.66. The van der Waals surface area contributed by atoms with Crippen molar-refractivity contribution in [2.24, 2.45) is 0 Å². The van der Waals surface area contributed by atoms with Crippen LogP contribution in [0.5, 0.6) is 0 Å². The summed E-state index contributed by atoms with van der Waals surface area (Å²) in [6.45, 7) is 7.38. The number of anilines is 2. The van der Waals surface area contributed by atoms with E-state index in [1.54, 1.807) is 0 Å². The maximum atomic E-state index is 5.66.